The zero-order chi connectivity index (χ0) is 25.2. The van der Waals surface area contributed by atoms with Gasteiger partial charge in [-0.2, -0.15) is 5.26 Å². The lowest BCUT2D eigenvalue weighted by Gasteiger charge is -2.31. The summed E-state index contributed by atoms with van der Waals surface area (Å²) in [5, 5.41) is 10.0. The summed E-state index contributed by atoms with van der Waals surface area (Å²) in [7, 11) is 0. The van der Waals surface area contributed by atoms with Gasteiger partial charge >= 0.3 is 6.09 Å². The summed E-state index contributed by atoms with van der Waals surface area (Å²) in [5.41, 5.74) is 12.4. The lowest BCUT2D eigenvalue weighted by molar-refractivity contribution is 0.0374. The number of fused-ring (bicyclic) bond motifs is 1. The van der Waals surface area contributed by atoms with Crippen molar-refractivity contribution >= 4 is 22.9 Å². The molecule has 5 rings (SSSR count). The maximum Gasteiger partial charge on any atom is 0.404 e. The average molecular weight is 479 g/mol. The van der Waals surface area contributed by atoms with Crippen molar-refractivity contribution in [2.45, 2.75) is 25.9 Å². The first-order chi connectivity index (χ1) is 17.4. The number of hydrogen-bond acceptors (Lipinski definition) is 4. The summed E-state index contributed by atoms with van der Waals surface area (Å²) < 4.78 is 5.16. The first-order valence-corrected chi connectivity index (χ1v) is 11.9. The number of rotatable bonds is 4. The molecule has 4 aromatic rings. The van der Waals surface area contributed by atoms with Gasteiger partial charge in [-0.15, -0.1) is 0 Å². The number of amides is 2. The Kier molecular flexibility index (Phi) is 6.17. The molecule has 0 radical (unpaired) electrons. The Morgan fingerprint density at radius 1 is 1.06 bits per heavy atom. The van der Waals surface area contributed by atoms with Crippen LogP contribution in [0.3, 0.4) is 0 Å². The molecule has 1 aliphatic heterocycles. The van der Waals surface area contributed by atoms with Gasteiger partial charge in [0.15, 0.2) is 0 Å². The Labute approximate surface area is 209 Å². The molecule has 3 aromatic carbocycles. The Bertz CT molecular complexity index is 1480. The van der Waals surface area contributed by atoms with Gasteiger partial charge in [-0.3, -0.25) is 4.79 Å². The third-order valence-corrected chi connectivity index (χ3v) is 6.69. The number of piperidine rings is 1. The molecule has 1 saturated heterocycles. The molecule has 1 unspecified atom stereocenters. The van der Waals surface area contributed by atoms with Gasteiger partial charge in [0, 0.05) is 23.6 Å². The molecule has 1 atom stereocenters. The molecule has 1 aromatic heterocycles. The van der Waals surface area contributed by atoms with E-state index in [1.165, 1.54) is 5.56 Å². The Morgan fingerprint density at radius 3 is 2.39 bits per heavy atom. The van der Waals surface area contributed by atoms with E-state index < -0.39 is 12.2 Å². The fraction of sp³-hybridized carbons (Fsp3) is 0.207. The highest BCUT2D eigenvalue weighted by atomic mass is 16.6. The first-order valence-electron chi connectivity index (χ1n) is 11.9. The van der Waals surface area contributed by atoms with Crippen molar-refractivity contribution in [3.8, 4) is 28.3 Å². The molecular formula is C29H26N4O3. The highest BCUT2D eigenvalue weighted by Gasteiger charge is 2.28. The second kappa shape index (κ2) is 9.59. The Hall–Kier alpha value is -4.57. The summed E-state index contributed by atoms with van der Waals surface area (Å²) in [5.74, 6) is -0.118. The van der Waals surface area contributed by atoms with Crippen LogP contribution in [0.4, 0.5) is 4.79 Å². The van der Waals surface area contributed by atoms with Crippen molar-refractivity contribution < 1.29 is 14.3 Å². The van der Waals surface area contributed by atoms with Crippen LogP contribution >= 0.6 is 0 Å². The molecule has 1 aliphatic rings. The van der Waals surface area contributed by atoms with E-state index in [0.29, 0.717) is 30.6 Å². The van der Waals surface area contributed by atoms with Crippen LogP contribution in [0.5, 0.6) is 0 Å². The number of nitrogens with zero attached hydrogens (tertiary/aromatic N) is 2. The predicted octanol–water partition coefficient (Wildman–Crippen LogP) is 5.38. The summed E-state index contributed by atoms with van der Waals surface area (Å²) in [6.45, 7) is 2.96. The number of aryl methyl sites for hydroxylation is 1. The summed E-state index contributed by atoms with van der Waals surface area (Å²) in [6, 6.07) is 22.1. The molecule has 0 saturated carbocycles. The van der Waals surface area contributed by atoms with E-state index in [0.717, 1.165) is 39.6 Å². The maximum absolute atomic E-state index is 13.5. The quantitative estimate of drug-likeness (QED) is 0.410. The van der Waals surface area contributed by atoms with E-state index in [4.69, 9.17) is 10.5 Å². The van der Waals surface area contributed by atoms with Crippen molar-refractivity contribution in [2.75, 3.05) is 13.1 Å². The summed E-state index contributed by atoms with van der Waals surface area (Å²) in [6.07, 6.45) is 1.95. The van der Waals surface area contributed by atoms with Crippen LogP contribution in [-0.4, -0.2) is 41.1 Å². The van der Waals surface area contributed by atoms with Crippen LogP contribution in [0.1, 0.15) is 34.3 Å². The van der Waals surface area contributed by atoms with Gasteiger partial charge in [0.05, 0.1) is 23.7 Å². The van der Waals surface area contributed by atoms with Crippen LogP contribution < -0.4 is 5.73 Å². The molecule has 36 heavy (non-hydrogen) atoms. The molecule has 7 nitrogen and oxygen atoms in total. The standard InChI is InChI=1S/C29H26N4O3/c1-18-4-8-20(9-5-18)24-14-27-25(13-23(24)21-10-6-19(15-30)7-11-21)26(16-32-27)28(34)33-12-2-3-22(17-33)36-29(31)35/h4-11,13-14,16,22,32H,2-3,12,17H2,1H3,(H2,31,35). The van der Waals surface area contributed by atoms with Gasteiger partial charge < -0.3 is 20.4 Å². The number of likely N-dealkylation sites (tertiary alicyclic amines) is 1. The van der Waals surface area contributed by atoms with Crippen molar-refractivity contribution in [3.63, 3.8) is 0 Å². The Balaban J connectivity index is 1.58. The van der Waals surface area contributed by atoms with Crippen molar-refractivity contribution in [1.29, 1.82) is 5.26 Å². The molecule has 2 amide bonds. The number of H-pyrrole nitrogens is 1. The van der Waals surface area contributed by atoms with Crippen LogP contribution in [-0.2, 0) is 4.74 Å². The third-order valence-electron chi connectivity index (χ3n) is 6.69. The molecule has 1 fully saturated rings. The lowest BCUT2D eigenvalue weighted by Crippen LogP contribution is -2.44. The molecular weight excluding hydrogens is 452 g/mol. The van der Waals surface area contributed by atoms with Gasteiger partial charge in [0.1, 0.15) is 6.10 Å². The van der Waals surface area contributed by atoms with Crippen LogP contribution in [0.15, 0.2) is 66.9 Å². The predicted molar refractivity (Wildman–Crippen MR) is 138 cm³/mol. The lowest BCUT2D eigenvalue weighted by atomic mass is 9.91. The molecule has 0 bridgehead atoms. The topological polar surface area (TPSA) is 112 Å². The molecule has 3 N–H and O–H groups in total. The fourth-order valence-corrected chi connectivity index (χ4v) is 4.84. The number of aromatic nitrogens is 1. The minimum Gasteiger partial charge on any atom is -0.445 e. The van der Waals surface area contributed by atoms with E-state index >= 15 is 0 Å². The van der Waals surface area contributed by atoms with E-state index in [2.05, 4.69) is 48.3 Å². The summed E-state index contributed by atoms with van der Waals surface area (Å²) in [4.78, 5) is 29.7. The monoisotopic (exact) mass is 478 g/mol. The van der Waals surface area contributed by atoms with Gasteiger partial charge in [0.25, 0.3) is 5.91 Å². The van der Waals surface area contributed by atoms with E-state index in [1.807, 2.05) is 18.2 Å². The van der Waals surface area contributed by atoms with Crippen LogP contribution in [0.2, 0.25) is 0 Å². The highest BCUT2D eigenvalue weighted by molar-refractivity contribution is 6.09. The fourth-order valence-electron chi connectivity index (χ4n) is 4.84. The zero-order valence-electron chi connectivity index (χ0n) is 20.0. The minimum atomic E-state index is -0.822. The molecule has 0 aliphatic carbocycles. The number of nitriles is 1. The number of hydrogen-bond donors (Lipinski definition) is 2. The van der Waals surface area contributed by atoms with Gasteiger partial charge in [-0.05, 0) is 66.3 Å². The number of carbonyl (C=O) groups is 2. The largest absolute Gasteiger partial charge is 0.445 e. The second-order valence-corrected chi connectivity index (χ2v) is 9.15. The smallest absolute Gasteiger partial charge is 0.404 e. The third kappa shape index (κ3) is 4.53. The molecule has 180 valence electrons. The van der Waals surface area contributed by atoms with Crippen LogP contribution in [0, 0.1) is 18.3 Å². The average Bonchev–Trinajstić information content (AvgIpc) is 3.31. The summed E-state index contributed by atoms with van der Waals surface area (Å²) >= 11 is 0. The van der Waals surface area contributed by atoms with Crippen molar-refractivity contribution in [3.05, 3.63) is 83.6 Å². The number of primary amides is 1. The maximum atomic E-state index is 13.5. The Morgan fingerprint density at radius 2 is 1.72 bits per heavy atom. The van der Waals surface area contributed by atoms with Crippen molar-refractivity contribution in [1.82, 2.24) is 9.88 Å². The van der Waals surface area contributed by atoms with Crippen molar-refractivity contribution in [2.24, 2.45) is 5.73 Å². The second-order valence-electron chi connectivity index (χ2n) is 9.15. The normalized spacial score (nSPS) is 15.4. The first kappa shape index (κ1) is 23.2. The SMILES string of the molecule is Cc1ccc(-c2cc3[nH]cc(C(=O)N4CCCC(OC(N)=O)C4)c3cc2-c2ccc(C#N)cc2)cc1. The van der Waals surface area contributed by atoms with E-state index in [9.17, 15) is 14.9 Å². The van der Waals surface area contributed by atoms with Gasteiger partial charge in [-0.25, -0.2) is 4.79 Å². The van der Waals surface area contributed by atoms with E-state index in [1.54, 1.807) is 23.2 Å². The number of carbonyl (C=O) groups excluding carboxylic acids is 2. The highest BCUT2D eigenvalue weighted by Crippen LogP contribution is 2.37. The number of benzene rings is 3. The van der Waals surface area contributed by atoms with E-state index in [-0.39, 0.29) is 5.91 Å². The number of nitrogens with one attached hydrogen (secondary N) is 1. The number of nitrogens with two attached hydrogens (primary N) is 1. The molecule has 0 spiro atoms. The zero-order valence-corrected chi connectivity index (χ0v) is 20.0. The van der Waals surface area contributed by atoms with Gasteiger partial charge in [0.2, 0.25) is 0 Å². The minimum absolute atomic E-state index is 0.118. The van der Waals surface area contributed by atoms with Crippen LogP contribution in [0.25, 0.3) is 33.2 Å². The van der Waals surface area contributed by atoms with Gasteiger partial charge in [-0.1, -0.05) is 42.0 Å². The number of ether oxygens (including phenoxy) is 1. The number of aromatic amines is 1. The molecule has 7 heteroatoms. The molecule has 2 heterocycles.